The van der Waals surface area contributed by atoms with Crippen molar-refractivity contribution in [1.29, 1.82) is 0 Å². The minimum atomic E-state index is -2.92. The molecule has 1 fully saturated rings. The van der Waals surface area contributed by atoms with Crippen LogP contribution in [-0.2, 0) is 14.6 Å². The molecule has 19 heavy (non-hydrogen) atoms. The van der Waals surface area contributed by atoms with Crippen molar-refractivity contribution in [2.45, 2.75) is 32.2 Å². The summed E-state index contributed by atoms with van der Waals surface area (Å²) < 4.78 is 28.2. The van der Waals surface area contributed by atoms with E-state index < -0.39 is 9.84 Å². The zero-order valence-electron chi connectivity index (χ0n) is 11.4. The molecule has 1 unspecified atom stereocenters. The number of hydrogen-bond donors (Lipinski definition) is 3. The molecule has 0 radical (unpaired) electrons. The van der Waals surface area contributed by atoms with Gasteiger partial charge in [0.05, 0.1) is 11.5 Å². The standard InChI is InChI=1S/C11H24N4O3S/c1-2-18-7-4-6-13-11(15-12)14-10-5-3-8-19(16,17)9-10/h10H,2-9,12H2,1H3,(H2,13,14,15). The highest BCUT2D eigenvalue weighted by Gasteiger charge is 2.25. The maximum Gasteiger partial charge on any atom is 0.205 e. The van der Waals surface area contributed by atoms with Crippen LogP contribution >= 0.6 is 0 Å². The molecule has 0 amide bonds. The Morgan fingerprint density at radius 1 is 1.53 bits per heavy atom. The Balaban J connectivity index is 2.36. The molecule has 1 atom stereocenters. The van der Waals surface area contributed by atoms with Gasteiger partial charge in [-0.05, 0) is 26.2 Å². The predicted molar refractivity (Wildman–Crippen MR) is 75.5 cm³/mol. The van der Waals surface area contributed by atoms with Crippen LogP contribution in [0.5, 0.6) is 0 Å². The van der Waals surface area contributed by atoms with E-state index in [1.807, 2.05) is 6.92 Å². The van der Waals surface area contributed by atoms with Gasteiger partial charge in [0.2, 0.25) is 5.96 Å². The van der Waals surface area contributed by atoms with Crippen LogP contribution in [0.3, 0.4) is 0 Å². The summed E-state index contributed by atoms with van der Waals surface area (Å²) in [4.78, 5) is 4.25. The van der Waals surface area contributed by atoms with E-state index in [1.54, 1.807) is 0 Å². The van der Waals surface area contributed by atoms with Gasteiger partial charge in [-0.3, -0.25) is 10.4 Å². The molecule has 0 aromatic heterocycles. The fourth-order valence-electron chi connectivity index (χ4n) is 1.96. The summed E-state index contributed by atoms with van der Waals surface area (Å²) in [5.41, 5.74) is 2.47. The monoisotopic (exact) mass is 292 g/mol. The van der Waals surface area contributed by atoms with Gasteiger partial charge in [0.1, 0.15) is 0 Å². The molecule has 4 N–H and O–H groups in total. The van der Waals surface area contributed by atoms with Crippen LogP contribution in [0.25, 0.3) is 0 Å². The lowest BCUT2D eigenvalue weighted by atomic mass is 10.2. The first kappa shape index (κ1) is 16.2. The van der Waals surface area contributed by atoms with E-state index in [-0.39, 0.29) is 17.5 Å². The summed E-state index contributed by atoms with van der Waals surface area (Å²) in [5, 5.41) is 3.05. The lowest BCUT2D eigenvalue weighted by Gasteiger charge is -2.24. The SMILES string of the molecule is CCOCCCN=C(NN)NC1CCCS(=O)(=O)C1. The number of ether oxygens (including phenoxy) is 1. The van der Waals surface area contributed by atoms with Gasteiger partial charge in [0, 0.05) is 25.8 Å². The summed E-state index contributed by atoms with van der Waals surface area (Å²) in [6.45, 7) is 3.90. The maximum atomic E-state index is 11.5. The highest BCUT2D eigenvalue weighted by Crippen LogP contribution is 2.11. The number of aliphatic imine (C=N–C) groups is 1. The summed E-state index contributed by atoms with van der Waals surface area (Å²) in [7, 11) is -2.92. The van der Waals surface area contributed by atoms with Gasteiger partial charge in [-0.1, -0.05) is 0 Å². The first-order valence-corrected chi connectivity index (χ1v) is 8.45. The molecule has 0 aromatic carbocycles. The smallest absolute Gasteiger partial charge is 0.205 e. The molecule has 1 heterocycles. The molecule has 1 aliphatic rings. The number of nitrogens with two attached hydrogens (primary N) is 1. The van der Waals surface area contributed by atoms with Crippen molar-refractivity contribution in [3.63, 3.8) is 0 Å². The van der Waals surface area contributed by atoms with Crippen LogP contribution in [0.4, 0.5) is 0 Å². The largest absolute Gasteiger partial charge is 0.382 e. The van der Waals surface area contributed by atoms with Gasteiger partial charge in [-0.25, -0.2) is 14.3 Å². The molecule has 0 aliphatic carbocycles. The Kier molecular flexibility index (Phi) is 7.11. The number of hydrogen-bond acceptors (Lipinski definition) is 5. The maximum absolute atomic E-state index is 11.5. The van der Waals surface area contributed by atoms with Gasteiger partial charge in [-0.2, -0.15) is 0 Å². The first-order chi connectivity index (χ1) is 9.07. The Morgan fingerprint density at radius 3 is 2.95 bits per heavy atom. The number of rotatable bonds is 6. The summed E-state index contributed by atoms with van der Waals surface area (Å²) in [6.07, 6.45) is 2.31. The molecule has 1 aliphatic heterocycles. The summed E-state index contributed by atoms with van der Waals surface area (Å²) in [6, 6.07) is -0.111. The second-order valence-corrected chi connectivity index (χ2v) is 6.75. The quantitative estimate of drug-likeness (QED) is 0.198. The molecule has 8 heteroatoms. The molecule has 0 bridgehead atoms. The molecule has 0 saturated carbocycles. The van der Waals surface area contributed by atoms with Crippen LogP contribution in [0.15, 0.2) is 4.99 Å². The molecule has 1 saturated heterocycles. The van der Waals surface area contributed by atoms with Crippen molar-refractivity contribution in [1.82, 2.24) is 10.7 Å². The van der Waals surface area contributed by atoms with E-state index in [1.165, 1.54) is 0 Å². The highest BCUT2D eigenvalue weighted by molar-refractivity contribution is 7.91. The fourth-order valence-corrected chi connectivity index (χ4v) is 3.60. The van der Waals surface area contributed by atoms with E-state index in [9.17, 15) is 8.42 Å². The highest BCUT2D eigenvalue weighted by atomic mass is 32.2. The molecule has 1 rings (SSSR count). The zero-order chi connectivity index (χ0) is 14.1. The summed E-state index contributed by atoms with van der Waals surface area (Å²) >= 11 is 0. The minimum Gasteiger partial charge on any atom is -0.382 e. The van der Waals surface area contributed by atoms with Crippen LogP contribution in [-0.4, -0.2) is 51.7 Å². The lowest BCUT2D eigenvalue weighted by Crippen LogP contribution is -2.50. The van der Waals surface area contributed by atoms with Gasteiger partial charge >= 0.3 is 0 Å². The van der Waals surface area contributed by atoms with Crippen molar-refractivity contribution in [2.24, 2.45) is 10.8 Å². The van der Waals surface area contributed by atoms with Gasteiger partial charge in [0.25, 0.3) is 0 Å². The predicted octanol–water partition coefficient (Wildman–Crippen LogP) is -0.601. The molecular formula is C11H24N4O3S. The van der Waals surface area contributed by atoms with E-state index in [0.717, 1.165) is 12.8 Å². The number of nitrogens with one attached hydrogen (secondary N) is 2. The number of sulfone groups is 1. The van der Waals surface area contributed by atoms with Crippen LogP contribution in [0.1, 0.15) is 26.2 Å². The van der Waals surface area contributed by atoms with E-state index in [0.29, 0.717) is 32.1 Å². The molecule has 112 valence electrons. The van der Waals surface area contributed by atoms with Gasteiger partial charge in [-0.15, -0.1) is 0 Å². The Bertz CT molecular complexity index is 383. The Labute approximate surface area is 114 Å². The van der Waals surface area contributed by atoms with Crippen molar-refractivity contribution < 1.29 is 13.2 Å². The normalized spacial score (nSPS) is 23.1. The second kappa shape index (κ2) is 8.34. The minimum absolute atomic E-state index is 0.111. The van der Waals surface area contributed by atoms with Crippen LogP contribution in [0, 0.1) is 0 Å². The molecular weight excluding hydrogens is 268 g/mol. The topological polar surface area (TPSA) is 106 Å². The van der Waals surface area contributed by atoms with Crippen LogP contribution < -0.4 is 16.6 Å². The molecule has 7 nitrogen and oxygen atoms in total. The molecule has 0 spiro atoms. The third-order valence-corrected chi connectivity index (χ3v) is 4.68. The lowest BCUT2D eigenvalue weighted by molar-refractivity contribution is 0.146. The number of nitrogens with zero attached hydrogens (tertiary/aromatic N) is 1. The van der Waals surface area contributed by atoms with Crippen molar-refractivity contribution in [3.8, 4) is 0 Å². The Hall–Kier alpha value is -0.860. The number of guanidine groups is 1. The summed E-state index contributed by atoms with van der Waals surface area (Å²) in [5.74, 6) is 6.24. The van der Waals surface area contributed by atoms with E-state index >= 15 is 0 Å². The molecule has 0 aromatic rings. The Morgan fingerprint density at radius 2 is 2.32 bits per heavy atom. The average Bonchev–Trinajstić information content (AvgIpc) is 2.36. The third kappa shape index (κ3) is 6.74. The van der Waals surface area contributed by atoms with Crippen LogP contribution in [0.2, 0.25) is 0 Å². The van der Waals surface area contributed by atoms with Gasteiger partial charge < -0.3 is 10.1 Å². The zero-order valence-corrected chi connectivity index (χ0v) is 12.2. The average molecular weight is 292 g/mol. The second-order valence-electron chi connectivity index (χ2n) is 4.52. The third-order valence-electron chi connectivity index (χ3n) is 2.86. The fraction of sp³-hybridized carbons (Fsp3) is 0.909. The first-order valence-electron chi connectivity index (χ1n) is 6.63. The van der Waals surface area contributed by atoms with Gasteiger partial charge in [0.15, 0.2) is 9.84 Å². The van der Waals surface area contributed by atoms with E-state index in [2.05, 4.69) is 15.7 Å². The van der Waals surface area contributed by atoms with Crippen molar-refractivity contribution in [2.75, 3.05) is 31.3 Å². The van der Waals surface area contributed by atoms with Crippen molar-refractivity contribution >= 4 is 15.8 Å². The van der Waals surface area contributed by atoms with E-state index in [4.69, 9.17) is 10.6 Å². The van der Waals surface area contributed by atoms with Crippen molar-refractivity contribution in [3.05, 3.63) is 0 Å². The number of hydrazine groups is 1.